The number of hydrogen-bond acceptors (Lipinski definition) is 3. The van der Waals surface area contributed by atoms with Crippen LogP contribution in [-0.2, 0) is 10.0 Å². The van der Waals surface area contributed by atoms with Crippen molar-refractivity contribution in [3.05, 3.63) is 24.3 Å². The number of likely N-dealkylation sites (N-methyl/N-ethyl adjacent to an activating group) is 1. The molecular formula is C12H17IN2O3S. The Bertz CT molecular complexity index is 581. The van der Waals surface area contributed by atoms with Crippen molar-refractivity contribution in [1.82, 2.24) is 4.31 Å². The second-order valence-electron chi connectivity index (χ2n) is 4.22. The molecule has 0 saturated carbocycles. The largest absolute Gasteiger partial charge is 1.00 e. The van der Waals surface area contributed by atoms with Gasteiger partial charge in [0.25, 0.3) is 5.84 Å². The molecule has 1 aliphatic rings. The van der Waals surface area contributed by atoms with Crippen molar-refractivity contribution >= 4 is 15.9 Å². The van der Waals surface area contributed by atoms with Gasteiger partial charge in [0, 0.05) is 6.92 Å². The van der Waals surface area contributed by atoms with Crippen molar-refractivity contribution < 1.29 is 41.7 Å². The quantitative estimate of drug-likeness (QED) is 0.429. The maximum atomic E-state index is 12.4. The fourth-order valence-corrected chi connectivity index (χ4v) is 3.47. The van der Waals surface area contributed by atoms with Gasteiger partial charge in [0.2, 0.25) is 0 Å². The Labute approximate surface area is 130 Å². The molecule has 0 atom stereocenters. The summed E-state index contributed by atoms with van der Waals surface area (Å²) in [4.78, 5) is 0.290. The van der Waals surface area contributed by atoms with Gasteiger partial charge in [-0.2, -0.15) is 8.42 Å². The van der Waals surface area contributed by atoms with Gasteiger partial charge in [-0.3, -0.25) is 4.58 Å². The van der Waals surface area contributed by atoms with Gasteiger partial charge in [-0.25, -0.2) is 0 Å². The van der Waals surface area contributed by atoms with Crippen LogP contribution in [0.25, 0.3) is 0 Å². The molecule has 0 radical (unpaired) electrons. The monoisotopic (exact) mass is 396 g/mol. The van der Waals surface area contributed by atoms with E-state index < -0.39 is 10.0 Å². The van der Waals surface area contributed by atoms with Crippen molar-refractivity contribution in [1.29, 1.82) is 0 Å². The molecule has 7 heteroatoms. The summed E-state index contributed by atoms with van der Waals surface area (Å²) in [6.45, 7) is 3.03. The molecule has 0 saturated heterocycles. The van der Waals surface area contributed by atoms with Crippen molar-refractivity contribution in [2.24, 2.45) is 0 Å². The zero-order chi connectivity index (χ0) is 13.3. The van der Waals surface area contributed by atoms with E-state index in [4.69, 9.17) is 4.74 Å². The molecule has 1 aromatic carbocycles. The maximum Gasteiger partial charge on any atom is 0.330 e. The summed E-state index contributed by atoms with van der Waals surface area (Å²) in [6.07, 6.45) is 0. The van der Waals surface area contributed by atoms with Crippen LogP contribution >= 0.6 is 0 Å². The molecule has 0 unspecified atom stereocenters. The van der Waals surface area contributed by atoms with Gasteiger partial charge >= 0.3 is 10.0 Å². The lowest BCUT2D eigenvalue weighted by Crippen LogP contribution is -3.00. The maximum absolute atomic E-state index is 12.4. The van der Waals surface area contributed by atoms with Crippen LogP contribution in [0, 0.1) is 0 Å². The number of benzene rings is 1. The van der Waals surface area contributed by atoms with Crippen LogP contribution in [0.1, 0.15) is 6.92 Å². The third kappa shape index (κ3) is 3.02. The number of rotatable bonds is 3. The molecular weight excluding hydrogens is 379 g/mol. The summed E-state index contributed by atoms with van der Waals surface area (Å²) in [7, 11) is -0.00650. The number of methoxy groups -OCH3 is 1. The first-order chi connectivity index (χ1) is 8.46. The van der Waals surface area contributed by atoms with Gasteiger partial charge in [0.1, 0.15) is 23.7 Å². The van der Waals surface area contributed by atoms with Gasteiger partial charge < -0.3 is 28.7 Å². The summed E-state index contributed by atoms with van der Waals surface area (Å²) in [5.74, 6) is 1.40. The highest BCUT2D eigenvalue weighted by Crippen LogP contribution is 2.20. The topological polar surface area (TPSA) is 49.6 Å². The van der Waals surface area contributed by atoms with Crippen molar-refractivity contribution in [3.8, 4) is 5.75 Å². The van der Waals surface area contributed by atoms with Crippen molar-refractivity contribution in [2.45, 2.75) is 11.8 Å². The van der Waals surface area contributed by atoms with E-state index in [-0.39, 0.29) is 28.9 Å². The number of sulfonamides is 1. The lowest BCUT2D eigenvalue weighted by atomic mass is 10.3. The highest BCUT2D eigenvalue weighted by molar-refractivity contribution is 7.89. The lowest BCUT2D eigenvalue weighted by molar-refractivity contribution is -0.486. The molecule has 1 aromatic rings. The summed E-state index contributed by atoms with van der Waals surface area (Å²) < 4.78 is 33.2. The van der Waals surface area contributed by atoms with E-state index in [2.05, 4.69) is 0 Å². The van der Waals surface area contributed by atoms with Crippen LogP contribution in [0.4, 0.5) is 0 Å². The fraction of sp³-hybridized carbons (Fsp3) is 0.417. The van der Waals surface area contributed by atoms with Gasteiger partial charge in [0.05, 0.1) is 14.2 Å². The Morgan fingerprint density at radius 3 is 2.26 bits per heavy atom. The second-order valence-corrected chi connectivity index (χ2v) is 6.08. The van der Waals surface area contributed by atoms with Gasteiger partial charge in [-0.1, -0.05) is 0 Å². The first kappa shape index (κ1) is 16.2. The van der Waals surface area contributed by atoms with Crippen LogP contribution in [0.15, 0.2) is 29.2 Å². The standard InChI is InChI=1S/C12H17N2O3S.HI/c1-10-13(2)8-9-14(10)18(15,16)12-6-4-11(17-3)5-7-12;/h4-7H,8-9H2,1-3H3;1H/q+1;/p-1. The molecule has 2 rings (SSSR count). The van der Waals surface area contributed by atoms with Crippen LogP contribution in [0.2, 0.25) is 0 Å². The molecule has 0 aliphatic carbocycles. The molecule has 0 aromatic heterocycles. The van der Waals surface area contributed by atoms with E-state index >= 15 is 0 Å². The van der Waals surface area contributed by atoms with Crippen LogP contribution < -0.4 is 28.7 Å². The third-order valence-corrected chi connectivity index (χ3v) is 5.09. The first-order valence-electron chi connectivity index (χ1n) is 5.68. The van der Waals surface area contributed by atoms with Crippen molar-refractivity contribution in [3.63, 3.8) is 0 Å². The van der Waals surface area contributed by atoms with E-state index in [0.29, 0.717) is 12.3 Å². The summed E-state index contributed by atoms with van der Waals surface area (Å²) >= 11 is 0. The first-order valence-corrected chi connectivity index (χ1v) is 7.12. The zero-order valence-corrected chi connectivity index (χ0v) is 14.1. The summed E-state index contributed by atoms with van der Waals surface area (Å²) in [5.41, 5.74) is 0. The molecule has 0 spiro atoms. The average Bonchev–Trinajstić information content (AvgIpc) is 2.70. The minimum Gasteiger partial charge on any atom is -1.00 e. The van der Waals surface area contributed by atoms with Crippen LogP contribution in [0.3, 0.4) is 0 Å². The Kier molecular flexibility index (Phi) is 5.19. The van der Waals surface area contributed by atoms with E-state index in [9.17, 15) is 8.42 Å². The van der Waals surface area contributed by atoms with E-state index in [1.54, 1.807) is 31.4 Å². The number of hydrogen-bond donors (Lipinski definition) is 0. The van der Waals surface area contributed by atoms with E-state index in [1.807, 2.05) is 18.5 Å². The Morgan fingerprint density at radius 2 is 1.84 bits per heavy atom. The van der Waals surface area contributed by atoms with Crippen molar-refractivity contribution in [2.75, 3.05) is 27.2 Å². The molecule has 1 aliphatic heterocycles. The molecule has 106 valence electrons. The predicted octanol–water partition coefficient (Wildman–Crippen LogP) is -2.24. The molecule has 0 amide bonds. The molecule has 1 heterocycles. The normalized spacial score (nSPS) is 15.4. The van der Waals surface area contributed by atoms with Gasteiger partial charge in [-0.15, -0.1) is 4.31 Å². The zero-order valence-electron chi connectivity index (χ0n) is 11.1. The minimum absolute atomic E-state index is 0. The Morgan fingerprint density at radius 1 is 1.26 bits per heavy atom. The number of halogens is 1. The summed E-state index contributed by atoms with van der Waals surface area (Å²) in [5, 5.41) is 0. The molecule has 0 bridgehead atoms. The minimum atomic E-state index is -3.45. The van der Waals surface area contributed by atoms with Gasteiger partial charge in [0.15, 0.2) is 0 Å². The SMILES string of the molecule is COc1ccc(S(=O)(=O)N2CC[N+](C)=C2C)cc1.[I-]. The number of nitrogens with zero attached hydrogens (tertiary/aromatic N) is 2. The fourth-order valence-electron chi connectivity index (χ4n) is 1.92. The third-order valence-electron chi connectivity index (χ3n) is 3.20. The van der Waals surface area contributed by atoms with E-state index in [0.717, 1.165) is 12.4 Å². The van der Waals surface area contributed by atoms with Gasteiger partial charge in [-0.05, 0) is 24.3 Å². The second kappa shape index (κ2) is 6.08. The Hall–Kier alpha value is -0.830. The number of ether oxygens (including phenoxy) is 1. The van der Waals surface area contributed by atoms with E-state index in [1.165, 1.54) is 4.31 Å². The summed E-state index contributed by atoms with van der Waals surface area (Å²) in [6, 6.07) is 6.45. The molecule has 0 fully saturated rings. The highest BCUT2D eigenvalue weighted by atomic mass is 127. The smallest absolute Gasteiger partial charge is 0.330 e. The Balaban J connectivity index is 0.00000180. The highest BCUT2D eigenvalue weighted by Gasteiger charge is 2.37. The van der Waals surface area contributed by atoms with Crippen LogP contribution in [-0.4, -0.2) is 50.4 Å². The molecule has 19 heavy (non-hydrogen) atoms. The number of amidine groups is 1. The lowest BCUT2D eigenvalue weighted by Gasteiger charge is -2.11. The molecule has 5 nitrogen and oxygen atoms in total. The average molecular weight is 396 g/mol. The molecule has 0 N–H and O–H groups in total. The van der Waals surface area contributed by atoms with Crippen LogP contribution in [0.5, 0.6) is 5.75 Å². The predicted molar refractivity (Wildman–Crippen MR) is 68.6 cm³/mol.